The Labute approximate surface area is 177 Å². The van der Waals surface area contributed by atoms with E-state index in [2.05, 4.69) is 16.4 Å². The highest BCUT2D eigenvalue weighted by Crippen LogP contribution is 2.35. The van der Waals surface area contributed by atoms with Crippen molar-refractivity contribution >= 4 is 51.6 Å². The number of nitrogens with zero attached hydrogens (tertiary/aromatic N) is 2. The van der Waals surface area contributed by atoms with E-state index >= 15 is 0 Å². The van der Waals surface area contributed by atoms with E-state index < -0.39 is 0 Å². The minimum atomic E-state index is 0.416. The number of nitrogen functional groups attached to an aromatic ring is 1. The first-order valence-electron chi connectivity index (χ1n) is 8.68. The molecule has 0 atom stereocenters. The number of halogens is 1. The highest BCUT2D eigenvalue weighted by Gasteiger charge is 2.11. The van der Waals surface area contributed by atoms with Gasteiger partial charge in [0.2, 0.25) is 0 Å². The van der Waals surface area contributed by atoms with Gasteiger partial charge in [0.15, 0.2) is 5.75 Å². The molecule has 0 saturated heterocycles. The van der Waals surface area contributed by atoms with Gasteiger partial charge in [-0.15, -0.1) is 0 Å². The third-order valence-electron chi connectivity index (χ3n) is 4.18. The summed E-state index contributed by atoms with van der Waals surface area (Å²) in [5.74, 6) is 0.551. The van der Waals surface area contributed by atoms with Crippen LogP contribution >= 0.6 is 23.6 Å². The van der Waals surface area contributed by atoms with Gasteiger partial charge >= 0.3 is 0 Å². The minimum absolute atomic E-state index is 0.416. The fourth-order valence-corrected chi connectivity index (χ4v) is 3.65. The van der Waals surface area contributed by atoms with Crippen LogP contribution in [-0.4, -0.2) is 4.98 Å². The Morgan fingerprint density at radius 2 is 1.90 bits per heavy atom. The molecule has 5 nitrogen and oxygen atoms in total. The Balaban J connectivity index is 1.61. The van der Waals surface area contributed by atoms with Crippen molar-refractivity contribution in [3.05, 3.63) is 83.5 Å². The lowest BCUT2D eigenvalue weighted by atomic mass is 10.1. The number of pyridine rings is 1. The SMILES string of the molecule is N#Cc1cnc2ccc(N)cc2c1Nc1ccc(OSc2ccccc2)c(Cl)c1. The Morgan fingerprint density at radius 3 is 2.66 bits per heavy atom. The molecule has 1 heterocycles. The molecule has 7 heteroatoms. The molecule has 0 radical (unpaired) electrons. The van der Waals surface area contributed by atoms with Gasteiger partial charge in [-0.3, -0.25) is 4.98 Å². The first-order chi connectivity index (χ1) is 14.1. The average Bonchev–Trinajstić information content (AvgIpc) is 2.74. The number of benzene rings is 3. The van der Waals surface area contributed by atoms with Crippen molar-refractivity contribution in [3.63, 3.8) is 0 Å². The molecule has 0 saturated carbocycles. The zero-order valence-corrected chi connectivity index (χ0v) is 16.7. The van der Waals surface area contributed by atoms with Crippen molar-refractivity contribution in [2.45, 2.75) is 4.90 Å². The van der Waals surface area contributed by atoms with Crippen molar-refractivity contribution in [3.8, 4) is 11.8 Å². The van der Waals surface area contributed by atoms with Gasteiger partial charge in [0.1, 0.15) is 6.07 Å². The summed E-state index contributed by atoms with van der Waals surface area (Å²) in [6.07, 6.45) is 1.54. The van der Waals surface area contributed by atoms with Crippen LogP contribution in [0.4, 0.5) is 17.1 Å². The van der Waals surface area contributed by atoms with Crippen LogP contribution in [0.5, 0.6) is 5.75 Å². The number of nitrogens with two attached hydrogens (primary N) is 1. The number of hydrogen-bond acceptors (Lipinski definition) is 6. The van der Waals surface area contributed by atoms with Crippen LogP contribution in [0.15, 0.2) is 77.8 Å². The van der Waals surface area contributed by atoms with Gasteiger partial charge in [0, 0.05) is 27.9 Å². The van der Waals surface area contributed by atoms with Crippen molar-refractivity contribution in [1.29, 1.82) is 5.26 Å². The van der Waals surface area contributed by atoms with Crippen LogP contribution in [0.3, 0.4) is 0 Å². The van der Waals surface area contributed by atoms with E-state index in [1.165, 1.54) is 18.2 Å². The first-order valence-corrected chi connectivity index (χ1v) is 9.80. The number of fused-ring (bicyclic) bond motifs is 1. The summed E-state index contributed by atoms with van der Waals surface area (Å²) in [6.45, 7) is 0. The normalized spacial score (nSPS) is 10.5. The van der Waals surface area contributed by atoms with Gasteiger partial charge in [-0.25, -0.2) is 0 Å². The lowest BCUT2D eigenvalue weighted by molar-refractivity contribution is 0.646. The molecule has 142 valence electrons. The highest BCUT2D eigenvalue weighted by atomic mass is 35.5. The summed E-state index contributed by atoms with van der Waals surface area (Å²) in [5, 5.41) is 14.0. The van der Waals surface area contributed by atoms with E-state index in [0.717, 1.165) is 21.5 Å². The second-order valence-corrected chi connectivity index (χ2v) is 7.40. The van der Waals surface area contributed by atoms with E-state index in [1.807, 2.05) is 42.5 Å². The highest BCUT2D eigenvalue weighted by molar-refractivity contribution is 7.95. The zero-order valence-electron chi connectivity index (χ0n) is 15.1. The number of rotatable bonds is 5. The second kappa shape index (κ2) is 8.31. The second-order valence-electron chi connectivity index (χ2n) is 6.19. The van der Waals surface area contributed by atoms with Crippen molar-refractivity contribution < 1.29 is 4.18 Å². The van der Waals surface area contributed by atoms with Crippen LogP contribution in [0, 0.1) is 11.3 Å². The van der Waals surface area contributed by atoms with Crippen LogP contribution in [0.2, 0.25) is 5.02 Å². The fourth-order valence-electron chi connectivity index (χ4n) is 2.79. The van der Waals surface area contributed by atoms with Gasteiger partial charge in [-0.2, -0.15) is 5.26 Å². The number of aromatic nitrogens is 1. The largest absolute Gasteiger partial charge is 0.419 e. The summed E-state index contributed by atoms with van der Waals surface area (Å²) < 4.78 is 5.74. The van der Waals surface area contributed by atoms with E-state index in [0.29, 0.717) is 27.7 Å². The van der Waals surface area contributed by atoms with Crippen LogP contribution < -0.4 is 15.2 Å². The van der Waals surface area contributed by atoms with Gasteiger partial charge in [-0.1, -0.05) is 29.8 Å². The molecule has 4 rings (SSSR count). The van der Waals surface area contributed by atoms with Gasteiger partial charge < -0.3 is 15.2 Å². The predicted octanol–water partition coefficient (Wildman–Crippen LogP) is 6.17. The first kappa shape index (κ1) is 18.9. The topological polar surface area (TPSA) is 84.0 Å². The van der Waals surface area contributed by atoms with E-state index in [4.69, 9.17) is 21.5 Å². The molecule has 3 N–H and O–H groups in total. The summed E-state index contributed by atoms with van der Waals surface area (Å²) in [7, 11) is 0. The monoisotopic (exact) mass is 418 g/mol. The van der Waals surface area contributed by atoms with Crippen molar-refractivity contribution in [1.82, 2.24) is 4.98 Å². The van der Waals surface area contributed by atoms with Gasteiger partial charge in [0.25, 0.3) is 0 Å². The molecule has 0 aliphatic carbocycles. The smallest absolute Gasteiger partial charge is 0.156 e. The van der Waals surface area contributed by atoms with Crippen molar-refractivity contribution in [2.75, 3.05) is 11.1 Å². The zero-order chi connectivity index (χ0) is 20.2. The molecule has 3 aromatic carbocycles. The maximum Gasteiger partial charge on any atom is 0.156 e. The van der Waals surface area contributed by atoms with E-state index in [1.54, 1.807) is 24.3 Å². The molecular formula is C22H15ClN4OS. The van der Waals surface area contributed by atoms with E-state index in [9.17, 15) is 5.26 Å². The fraction of sp³-hybridized carbons (Fsp3) is 0. The number of nitrogens with one attached hydrogen (secondary N) is 1. The molecule has 1 aromatic heterocycles. The molecule has 29 heavy (non-hydrogen) atoms. The Bertz CT molecular complexity index is 1220. The third-order valence-corrected chi connectivity index (χ3v) is 5.21. The van der Waals surface area contributed by atoms with Gasteiger partial charge in [-0.05, 0) is 48.5 Å². The maximum atomic E-state index is 9.49. The summed E-state index contributed by atoms with van der Waals surface area (Å²) >= 11 is 7.64. The molecular weight excluding hydrogens is 404 g/mol. The quantitative estimate of drug-likeness (QED) is 0.297. The molecule has 0 unspecified atom stereocenters. The maximum absolute atomic E-state index is 9.49. The average molecular weight is 419 g/mol. The molecule has 0 amide bonds. The Kier molecular flexibility index (Phi) is 5.43. The standard InChI is InChI=1S/C22H15ClN4OS/c23-19-11-16(7-9-21(19)28-29-17-4-2-1-3-5-17)27-22-14(12-24)13-26-20-8-6-15(25)10-18(20)22/h1-11,13H,25H2,(H,26,27). The number of hydrogen-bond donors (Lipinski definition) is 2. The minimum Gasteiger partial charge on any atom is -0.419 e. The molecule has 0 fully saturated rings. The molecule has 4 aromatic rings. The predicted molar refractivity (Wildman–Crippen MR) is 119 cm³/mol. The lowest BCUT2D eigenvalue weighted by Gasteiger charge is -2.13. The molecule has 0 bridgehead atoms. The molecule has 0 aliphatic heterocycles. The summed E-state index contributed by atoms with van der Waals surface area (Å²) in [6, 6.07) is 22.7. The third kappa shape index (κ3) is 4.21. The van der Waals surface area contributed by atoms with Crippen LogP contribution in [0.25, 0.3) is 10.9 Å². The molecule has 0 spiro atoms. The number of nitriles is 1. The Morgan fingerprint density at radius 1 is 1.07 bits per heavy atom. The lowest BCUT2D eigenvalue weighted by Crippen LogP contribution is -1.98. The van der Waals surface area contributed by atoms with Crippen LogP contribution in [0.1, 0.15) is 5.56 Å². The van der Waals surface area contributed by atoms with E-state index in [-0.39, 0.29) is 0 Å². The number of anilines is 3. The summed E-state index contributed by atoms with van der Waals surface area (Å²) in [5.41, 5.74) is 9.03. The van der Waals surface area contributed by atoms with Crippen LogP contribution in [-0.2, 0) is 0 Å². The van der Waals surface area contributed by atoms with Crippen molar-refractivity contribution in [2.24, 2.45) is 0 Å². The molecule has 0 aliphatic rings. The Hall–Kier alpha value is -3.40. The van der Waals surface area contributed by atoms with Gasteiger partial charge in [0.05, 0.1) is 33.8 Å². The summed E-state index contributed by atoms with van der Waals surface area (Å²) in [4.78, 5) is 5.29.